The van der Waals surface area contributed by atoms with Gasteiger partial charge in [0.15, 0.2) is 0 Å². The first-order valence-corrected chi connectivity index (χ1v) is 7.28. The lowest BCUT2D eigenvalue weighted by Gasteiger charge is -2.21. The van der Waals surface area contributed by atoms with E-state index in [9.17, 15) is 9.59 Å². The molecule has 1 N–H and O–H groups in total. The highest BCUT2D eigenvalue weighted by atomic mass is 16.5. The van der Waals surface area contributed by atoms with Crippen molar-refractivity contribution < 1.29 is 18.7 Å². The van der Waals surface area contributed by atoms with Crippen molar-refractivity contribution in [1.29, 1.82) is 0 Å². The molecule has 122 valence electrons. The number of carbonyl (C=O) groups excluding carboxylic acids is 2. The van der Waals surface area contributed by atoms with E-state index in [-0.39, 0.29) is 11.8 Å². The van der Waals surface area contributed by atoms with Crippen molar-refractivity contribution in [3.05, 3.63) is 54.0 Å². The van der Waals surface area contributed by atoms with Crippen molar-refractivity contribution in [3.63, 3.8) is 0 Å². The standard InChI is InChI=1S/C17H20N2O4/c1-13(20)18-15-6-3-5-14(11-15)17(21)19(8-10-22-2)12-16-7-4-9-23-16/h3-7,9,11H,8,10,12H2,1-2H3,(H,18,20). The molecule has 1 heterocycles. The van der Waals surface area contributed by atoms with E-state index in [2.05, 4.69) is 5.32 Å². The zero-order valence-corrected chi connectivity index (χ0v) is 13.2. The predicted octanol–water partition coefficient (Wildman–Crippen LogP) is 2.53. The van der Waals surface area contributed by atoms with Crippen molar-refractivity contribution in [1.82, 2.24) is 4.90 Å². The highest BCUT2D eigenvalue weighted by molar-refractivity contribution is 5.96. The number of benzene rings is 1. The number of hydrogen-bond donors (Lipinski definition) is 1. The fourth-order valence-corrected chi connectivity index (χ4v) is 2.16. The third-order valence-corrected chi connectivity index (χ3v) is 3.21. The maximum Gasteiger partial charge on any atom is 0.254 e. The van der Waals surface area contributed by atoms with Crippen LogP contribution in [0.15, 0.2) is 47.1 Å². The molecule has 0 saturated carbocycles. The fraction of sp³-hybridized carbons (Fsp3) is 0.294. The number of furan rings is 1. The number of methoxy groups -OCH3 is 1. The Kier molecular flexibility index (Phi) is 5.94. The monoisotopic (exact) mass is 316 g/mol. The van der Waals surface area contributed by atoms with Crippen LogP contribution in [0.2, 0.25) is 0 Å². The lowest BCUT2D eigenvalue weighted by Crippen LogP contribution is -2.33. The third-order valence-electron chi connectivity index (χ3n) is 3.21. The molecule has 0 saturated heterocycles. The Morgan fingerprint density at radius 2 is 2.09 bits per heavy atom. The van der Waals surface area contributed by atoms with E-state index in [0.29, 0.717) is 36.7 Å². The summed E-state index contributed by atoms with van der Waals surface area (Å²) < 4.78 is 10.4. The van der Waals surface area contributed by atoms with Gasteiger partial charge in [0, 0.05) is 31.8 Å². The van der Waals surface area contributed by atoms with Crippen molar-refractivity contribution in [3.8, 4) is 0 Å². The average Bonchev–Trinajstić information content (AvgIpc) is 3.03. The van der Waals surface area contributed by atoms with Gasteiger partial charge in [-0.1, -0.05) is 6.07 Å². The van der Waals surface area contributed by atoms with E-state index in [1.54, 1.807) is 48.6 Å². The Morgan fingerprint density at radius 1 is 1.26 bits per heavy atom. The molecule has 0 spiro atoms. The number of anilines is 1. The summed E-state index contributed by atoms with van der Waals surface area (Å²) >= 11 is 0. The second-order valence-electron chi connectivity index (χ2n) is 5.06. The first-order chi connectivity index (χ1) is 11.1. The molecule has 2 rings (SSSR count). The summed E-state index contributed by atoms with van der Waals surface area (Å²) in [6.45, 7) is 2.66. The molecule has 2 aromatic rings. The Balaban J connectivity index is 2.16. The van der Waals surface area contributed by atoms with E-state index >= 15 is 0 Å². The van der Waals surface area contributed by atoms with E-state index in [4.69, 9.17) is 9.15 Å². The molecular weight excluding hydrogens is 296 g/mol. The summed E-state index contributed by atoms with van der Waals surface area (Å²) in [5.41, 5.74) is 1.09. The molecular formula is C17H20N2O4. The van der Waals surface area contributed by atoms with E-state index < -0.39 is 0 Å². The van der Waals surface area contributed by atoms with Gasteiger partial charge < -0.3 is 19.4 Å². The van der Waals surface area contributed by atoms with Gasteiger partial charge in [0.25, 0.3) is 5.91 Å². The molecule has 23 heavy (non-hydrogen) atoms. The smallest absolute Gasteiger partial charge is 0.254 e. The van der Waals surface area contributed by atoms with E-state index in [1.807, 2.05) is 6.07 Å². The molecule has 6 heteroatoms. The van der Waals surface area contributed by atoms with Crippen LogP contribution in [0.25, 0.3) is 0 Å². The number of rotatable bonds is 7. The Labute approximate surface area is 135 Å². The first-order valence-electron chi connectivity index (χ1n) is 7.28. The zero-order valence-electron chi connectivity index (χ0n) is 13.2. The number of nitrogens with zero attached hydrogens (tertiary/aromatic N) is 1. The Bertz CT molecular complexity index is 652. The molecule has 0 bridgehead atoms. The SMILES string of the molecule is COCCN(Cc1ccco1)C(=O)c1cccc(NC(C)=O)c1. The third kappa shape index (κ3) is 4.96. The van der Waals surface area contributed by atoms with Crippen LogP contribution in [0.4, 0.5) is 5.69 Å². The summed E-state index contributed by atoms with van der Waals surface area (Å²) in [5.74, 6) is 0.375. The van der Waals surface area contributed by atoms with Crippen LogP contribution in [0, 0.1) is 0 Å². The highest BCUT2D eigenvalue weighted by Gasteiger charge is 2.17. The van der Waals surface area contributed by atoms with Crippen LogP contribution in [0.5, 0.6) is 0 Å². The minimum absolute atomic E-state index is 0.148. The molecule has 1 aromatic carbocycles. The van der Waals surface area contributed by atoms with Gasteiger partial charge in [0.1, 0.15) is 5.76 Å². The van der Waals surface area contributed by atoms with E-state index in [0.717, 1.165) is 0 Å². The summed E-state index contributed by atoms with van der Waals surface area (Å²) in [6, 6.07) is 10.5. The Morgan fingerprint density at radius 3 is 2.74 bits per heavy atom. The van der Waals surface area contributed by atoms with Gasteiger partial charge >= 0.3 is 0 Å². The van der Waals surface area contributed by atoms with Crippen molar-refractivity contribution in [2.45, 2.75) is 13.5 Å². The maximum absolute atomic E-state index is 12.7. The minimum atomic E-state index is -0.179. The lowest BCUT2D eigenvalue weighted by atomic mass is 10.1. The number of nitrogens with one attached hydrogen (secondary N) is 1. The quantitative estimate of drug-likeness (QED) is 0.852. The van der Waals surface area contributed by atoms with Gasteiger partial charge in [0.05, 0.1) is 19.4 Å². The topological polar surface area (TPSA) is 71.8 Å². The zero-order chi connectivity index (χ0) is 16.7. The maximum atomic E-state index is 12.7. The number of ether oxygens (including phenoxy) is 1. The minimum Gasteiger partial charge on any atom is -0.467 e. The molecule has 0 aliphatic carbocycles. The second kappa shape index (κ2) is 8.14. The van der Waals surface area contributed by atoms with Crippen LogP contribution in [-0.4, -0.2) is 37.0 Å². The normalized spacial score (nSPS) is 10.3. The van der Waals surface area contributed by atoms with Gasteiger partial charge in [-0.2, -0.15) is 0 Å². The largest absolute Gasteiger partial charge is 0.467 e. The molecule has 0 atom stereocenters. The number of amides is 2. The first kappa shape index (κ1) is 16.8. The van der Waals surface area contributed by atoms with Crippen molar-refractivity contribution >= 4 is 17.5 Å². The molecule has 0 radical (unpaired) electrons. The van der Waals surface area contributed by atoms with Gasteiger partial charge in [-0.05, 0) is 30.3 Å². The van der Waals surface area contributed by atoms with Crippen molar-refractivity contribution in [2.24, 2.45) is 0 Å². The fourth-order valence-electron chi connectivity index (χ4n) is 2.16. The summed E-state index contributed by atoms with van der Waals surface area (Å²) in [7, 11) is 1.59. The predicted molar refractivity (Wildman–Crippen MR) is 86.1 cm³/mol. The molecule has 0 fully saturated rings. The number of hydrogen-bond acceptors (Lipinski definition) is 4. The van der Waals surface area contributed by atoms with Crippen LogP contribution < -0.4 is 5.32 Å². The van der Waals surface area contributed by atoms with Gasteiger partial charge in [-0.3, -0.25) is 9.59 Å². The van der Waals surface area contributed by atoms with Gasteiger partial charge in [0.2, 0.25) is 5.91 Å². The number of carbonyl (C=O) groups is 2. The molecule has 2 amide bonds. The van der Waals surface area contributed by atoms with E-state index in [1.165, 1.54) is 6.92 Å². The average molecular weight is 316 g/mol. The summed E-state index contributed by atoms with van der Waals surface area (Å²) in [6.07, 6.45) is 1.58. The summed E-state index contributed by atoms with van der Waals surface area (Å²) in [5, 5.41) is 2.67. The van der Waals surface area contributed by atoms with Gasteiger partial charge in [-0.15, -0.1) is 0 Å². The van der Waals surface area contributed by atoms with Crippen LogP contribution in [0.1, 0.15) is 23.0 Å². The van der Waals surface area contributed by atoms with Gasteiger partial charge in [-0.25, -0.2) is 0 Å². The second-order valence-corrected chi connectivity index (χ2v) is 5.06. The van der Waals surface area contributed by atoms with Crippen LogP contribution >= 0.6 is 0 Å². The lowest BCUT2D eigenvalue weighted by molar-refractivity contribution is -0.114. The summed E-state index contributed by atoms with van der Waals surface area (Å²) in [4.78, 5) is 25.5. The Hall–Kier alpha value is -2.60. The van der Waals surface area contributed by atoms with Crippen molar-refractivity contribution in [2.75, 3.05) is 25.6 Å². The highest BCUT2D eigenvalue weighted by Crippen LogP contribution is 2.15. The van der Waals surface area contributed by atoms with Crippen LogP contribution in [0.3, 0.4) is 0 Å². The molecule has 0 aliphatic rings. The van der Waals surface area contributed by atoms with Crippen LogP contribution in [-0.2, 0) is 16.1 Å². The molecule has 6 nitrogen and oxygen atoms in total. The molecule has 1 aromatic heterocycles. The molecule has 0 unspecified atom stereocenters. The molecule has 0 aliphatic heterocycles.